The van der Waals surface area contributed by atoms with E-state index < -0.39 is 0 Å². The van der Waals surface area contributed by atoms with Gasteiger partial charge in [0.1, 0.15) is 23.6 Å². The van der Waals surface area contributed by atoms with Crippen LogP contribution in [0.25, 0.3) is 0 Å². The van der Waals surface area contributed by atoms with Crippen LogP contribution in [0.5, 0.6) is 5.75 Å². The van der Waals surface area contributed by atoms with Gasteiger partial charge in [-0.05, 0) is 39.8 Å². The Kier molecular flexibility index (Phi) is 4.39. The van der Waals surface area contributed by atoms with E-state index >= 15 is 0 Å². The second-order valence-corrected chi connectivity index (χ2v) is 6.65. The van der Waals surface area contributed by atoms with E-state index in [0.717, 1.165) is 0 Å². The summed E-state index contributed by atoms with van der Waals surface area (Å²) in [5.41, 5.74) is 0.0106. The molecular formula is C16H23N3O3. The number of piperazine rings is 1. The maximum Gasteiger partial charge on any atom is 0.273 e. The Bertz CT molecular complexity index is 563. The quantitative estimate of drug-likeness (QED) is 0.832. The van der Waals surface area contributed by atoms with E-state index in [1.165, 1.54) is 0 Å². The van der Waals surface area contributed by atoms with Gasteiger partial charge in [-0.2, -0.15) is 0 Å². The zero-order valence-corrected chi connectivity index (χ0v) is 13.8. The molecule has 0 bridgehead atoms. The number of pyridine rings is 1. The lowest BCUT2D eigenvalue weighted by Gasteiger charge is -2.37. The van der Waals surface area contributed by atoms with E-state index in [4.69, 9.17) is 4.74 Å². The number of carbonyl (C=O) groups is 2. The van der Waals surface area contributed by atoms with Gasteiger partial charge in [0.25, 0.3) is 5.91 Å². The number of rotatable bonds is 2. The minimum atomic E-state index is -0.314. The molecule has 1 aliphatic heterocycles. The summed E-state index contributed by atoms with van der Waals surface area (Å²) in [6.07, 6.45) is 1.54. The first-order valence-corrected chi connectivity index (χ1v) is 7.37. The van der Waals surface area contributed by atoms with Crippen LogP contribution < -0.4 is 4.74 Å². The third-order valence-electron chi connectivity index (χ3n) is 3.44. The van der Waals surface area contributed by atoms with E-state index in [1.807, 2.05) is 27.7 Å². The topological polar surface area (TPSA) is 62.7 Å². The van der Waals surface area contributed by atoms with E-state index in [0.29, 0.717) is 18.0 Å². The Morgan fingerprint density at radius 1 is 1.36 bits per heavy atom. The molecule has 1 atom stereocenters. The van der Waals surface area contributed by atoms with Crippen LogP contribution in [-0.4, -0.2) is 58.4 Å². The predicted molar refractivity (Wildman–Crippen MR) is 82.8 cm³/mol. The highest BCUT2D eigenvalue weighted by Crippen LogP contribution is 2.18. The second kappa shape index (κ2) is 5.94. The van der Waals surface area contributed by atoms with Crippen LogP contribution in [0, 0.1) is 0 Å². The van der Waals surface area contributed by atoms with Crippen molar-refractivity contribution in [1.29, 1.82) is 0 Å². The summed E-state index contributed by atoms with van der Waals surface area (Å²) >= 11 is 0. The fourth-order valence-electron chi connectivity index (χ4n) is 2.36. The summed E-state index contributed by atoms with van der Waals surface area (Å²) < 4.78 is 5.69. The van der Waals surface area contributed by atoms with Gasteiger partial charge >= 0.3 is 0 Å². The fourth-order valence-corrected chi connectivity index (χ4v) is 2.36. The lowest BCUT2D eigenvalue weighted by Crippen LogP contribution is -2.55. The van der Waals surface area contributed by atoms with Gasteiger partial charge in [0.15, 0.2) is 0 Å². The molecule has 1 aromatic rings. The maximum atomic E-state index is 12.5. The Morgan fingerprint density at radius 2 is 2.05 bits per heavy atom. The maximum absolute atomic E-state index is 12.5. The summed E-state index contributed by atoms with van der Waals surface area (Å²) in [5, 5.41) is 0. The van der Waals surface area contributed by atoms with Gasteiger partial charge < -0.3 is 14.5 Å². The van der Waals surface area contributed by atoms with E-state index in [-0.39, 0.29) is 30.0 Å². The Labute approximate surface area is 131 Å². The average molecular weight is 305 g/mol. The van der Waals surface area contributed by atoms with Crippen molar-refractivity contribution in [2.75, 3.05) is 20.1 Å². The van der Waals surface area contributed by atoms with Gasteiger partial charge in [0, 0.05) is 19.6 Å². The van der Waals surface area contributed by atoms with Gasteiger partial charge in [-0.1, -0.05) is 0 Å². The van der Waals surface area contributed by atoms with Crippen LogP contribution in [-0.2, 0) is 4.79 Å². The largest absolute Gasteiger partial charge is 0.487 e. The van der Waals surface area contributed by atoms with Gasteiger partial charge in [-0.25, -0.2) is 4.98 Å². The van der Waals surface area contributed by atoms with Crippen molar-refractivity contribution < 1.29 is 14.3 Å². The Morgan fingerprint density at radius 3 is 2.59 bits per heavy atom. The molecule has 2 amide bonds. The minimum Gasteiger partial charge on any atom is -0.487 e. The van der Waals surface area contributed by atoms with Crippen molar-refractivity contribution in [2.45, 2.75) is 39.3 Å². The molecule has 1 aromatic heterocycles. The zero-order valence-electron chi connectivity index (χ0n) is 13.8. The van der Waals surface area contributed by atoms with Crippen LogP contribution in [0.3, 0.4) is 0 Å². The number of likely N-dealkylation sites (N-methyl/N-ethyl adjacent to an activating group) is 1. The second-order valence-electron chi connectivity index (χ2n) is 6.65. The van der Waals surface area contributed by atoms with E-state index in [1.54, 1.807) is 35.2 Å². The van der Waals surface area contributed by atoms with Crippen molar-refractivity contribution in [1.82, 2.24) is 14.8 Å². The summed E-state index contributed by atoms with van der Waals surface area (Å²) in [5.74, 6) is 0.335. The number of hydrogen-bond donors (Lipinski definition) is 0. The monoisotopic (exact) mass is 305 g/mol. The van der Waals surface area contributed by atoms with Crippen molar-refractivity contribution in [2.24, 2.45) is 0 Å². The van der Waals surface area contributed by atoms with Gasteiger partial charge in [0.05, 0.1) is 6.20 Å². The summed E-state index contributed by atoms with van der Waals surface area (Å²) in [4.78, 5) is 31.7. The Balaban J connectivity index is 2.11. The number of nitrogens with zero attached hydrogens (tertiary/aromatic N) is 3. The van der Waals surface area contributed by atoms with Crippen molar-refractivity contribution in [3.63, 3.8) is 0 Å². The van der Waals surface area contributed by atoms with Gasteiger partial charge in [-0.15, -0.1) is 0 Å². The van der Waals surface area contributed by atoms with Crippen LogP contribution in [0.15, 0.2) is 18.3 Å². The van der Waals surface area contributed by atoms with Crippen LogP contribution >= 0.6 is 0 Å². The summed E-state index contributed by atoms with van der Waals surface area (Å²) in [7, 11) is 1.75. The lowest BCUT2D eigenvalue weighted by molar-refractivity contribution is -0.135. The molecule has 1 aliphatic rings. The Hall–Kier alpha value is -2.11. The predicted octanol–water partition coefficient (Wildman–Crippen LogP) is 1.56. The molecule has 0 aliphatic carbocycles. The molecule has 22 heavy (non-hydrogen) atoms. The van der Waals surface area contributed by atoms with Crippen molar-refractivity contribution in [3.8, 4) is 5.75 Å². The molecule has 1 fully saturated rings. The van der Waals surface area contributed by atoms with Crippen LogP contribution in [0.1, 0.15) is 38.2 Å². The van der Waals surface area contributed by atoms with Crippen LogP contribution in [0.4, 0.5) is 0 Å². The number of amides is 2. The fraction of sp³-hybridized carbons (Fsp3) is 0.562. The molecule has 0 spiro atoms. The van der Waals surface area contributed by atoms with Crippen molar-refractivity contribution >= 4 is 11.8 Å². The molecule has 0 radical (unpaired) electrons. The van der Waals surface area contributed by atoms with E-state index in [9.17, 15) is 9.59 Å². The van der Waals surface area contributed by atoms with Gasteiger partial charge in [-0.3, -0.25) is 9.59 Å². The number of hydrogen-bond acceptors (Lipinski definition) is 4. The van der Waals surface area contributed by atoms with Crippen molar-refractivity contribution in [3.05, 3.63) is 24.0 Å². The SMILES string of the molecule is CC1CN(C)C(=O)CN1C(=O)c1ccc(OC(C)(C)C)cn1. The average Bonchev–Trinajstić information content (AvgIpc) is 2.41. The molecule has 1 saturated heterocycles. The third kappa shape index (κ3) is 3.75. The number of carbonyl (C=O) groups excluding carboxylic acids is 2. The molecule has 0 N–H and O–H groups in total. The first-order chi connectivity index (χ1) is 10.2. The first-order valence-electron chi connectivity index (χ1n) is 7.37. The standard InChI is InChI=1S/C16H23N3O3/c1-11-9-18(5)14(20)10-19(11)15(21)13-7-6-12(8-17-13)22-16(2,3)4/h6-8,11H,9-10H2,1-5H3. The summed E-state index contributed by atoms with van der Waals surface area (Å²) in [6, 6.07) is 3.34. The highest BCUT2D eigenvalue weighted by Gasteiger charge is 2.31. The first kappa shape index (κ1) is 16.3. The molecule has 2 rings (SSSR count). The minimum absolute atomic E-state index is 0.0255. The molecule has 2 heterocycles. The number of ether oxygens (including phenoxy) is 1. The molecule has 120 valence electrons. The highest BCUT2D eigenvalue weighted by atomic mass is 16.5. The molecule has 6 heteroatoms. The van der Waals surface area contributed by atoms with Crippen LogP contribution in [0.2, 0.25) is 0 Å². The molecule has 0 saturated carbocycles. The molecular weight excluding hydrogens is 282 g/mol. The lowest BCUT2D eigenvalue weighted by atomic mass is 10.1. The molecule has 0 aromatic carbocycles. The molecule has 1 unspecified atom stereocenters. The summed E-state index contributed by atoms with van der Waals surface area (Å²) in [6.45, 7) is 8.41. The van der Waals surface area contributed by atoms with E-state index in [2.05, 4.69) is 4.98 Å². The highest BCUT2D eigenvalue weighted by molar-refractivity contribution is 5.95. The molecule has 6 nitrogen and oxygen atoms in total. The van der Waals surface area contributed by atoms with Gasteiger partial charge in [0.2, 0.25) is 5.91 Å². The number of aromatic nitrogens is 1. The normalized spacial score (nSPS) is 19.3. The smallest absolute Gasteiger partial charge is 0.273 e. The third-order valence-corrected chi connectivity index (χ3v) is 3.44. The zero-order chi connectivity index (χ0) is 16.5.